The van der Waals surface area contributed by atoms with Gasteiger partial charge in [-0.05, 0) is 29.7 Å². The Morgan fingerprint density at radius 1 is 1.08 bits per heavy atom. The first kappa shape index (κ1) is 18.4. The Labute approximate surface area is 154 Å². The molecule has 2 unspecified atom stereocenters. The molecule has 1 heterocycles. The number of hydrogen-bond donors (Lipinski definition) is 1. The van der Waals surface area contributed by atoms with E-state index in [0.717, 1.165) is 23.3 Å². The quantitative estimate of drug-likeness (QED) is 0.791. The summed E-state index contributed by atoms with van der Waals surface area (Å²) in [5.41, 5.74) is 2.18. The highest BCUT2D eigenvalue weighted by Crippen LogP contribution is 2.23. The number of hydroxylamine groups is 2. The number of nitrogens with zero attached hydrogens (tertiary/aromatic N) is 1. The maximum atomic E-state index is 12.7. The van der Waals surface area contributed by atoms with Gasteiger partial charge in [-0.3, -0.25) is 9.63 Å². The molecule has 0 saturated carbocycles. The van der Waals surface area contributed by atoms with Crippen molar-refractivity contribution in [3.8, 4) is 5.75 Å². The molecule has 0 aromatic heterocycles. The number of methoxy groups -OCH3 is 1. The second-order valence-corrected chi connectivity index (χ2v) is 6.53. The fourth-order valence-corrected chi connectivity index (χ4v) is 3.20. The van der Waals surface area contributed by atoms with Gasteiger partial charge in [0.15, 0.2) is 0 Å². The van der Waals surface area contributed by atoms with Crippen molar-refractivity contribution in [1.82, 2.24) is 10.4 Å². The molecule has 0 aliphatic carbocycles. The Morgan fingerprint density at radius 2 is 1.81 bits per heavy atom. The van der Waals surface area contributed by atoms with Gasteiger partial charge >= 0.3 is 0 Å². The third-order valence-corrected chi connectivity index (χ3v) is 4.82. The first-order valence-corrected chi connectivity index (χ1v) is 9.05. The molecule has 26 heavy (non-hydrogen) atoms. The van der Waals surface area contributed by atoms with Crippen LogP contribution < -0.4 is 10.1 Å². The van der Waals surface area contributed by atoms with Crippen molar-refractivity contribution in [3.63, 3.8) is 0 Å². The summed E-state index contributed by atoms with van der Waals surface area (Å²) in [6, 6.07) is 17.6. The van der Waals surface area contributed by atoms with E-state index in [1.165, 1.54) is 5.06 Å². The number of carbonyl (C=O) groups excluding carboxylic acids is 1. The van der Waals surface area contributed by atoms with Gasteiger partial charge in [0, 0.05) is 12.5 Å². The van der Waals surface area contributed by atoms with Crippen molar-refractivity contribution in [2.45, 2.75) is 32.5 Å². The maximum absolute atomic E-state index is 12.7. The number of nitrogens with one attached hydrogen (secondary N) is 1. The van der Waals surface area contributed by atoms with Crippen molar-refractivity contribution in [2.24, 2.45) is 5.92 Å². The Bertz CT molecular complexity index is 703. The van der Waals surface area contributed by atoms with E-state index in [-0.39, 0.29) is 17.9 Å². The van der Waals surface area contributed by atoms with Gasteiger partial charge in [-0.15, -0.1) is 0 Å². The largest absolute Gasteiger partial charge is 0.497 e. The van der Waals surface area contributed by atoms with Crippen molar-refractivity contribution in [2.75, 3.05) is 13.7 Å². The third-order valence-electron chi connectivity index (χ3n) is 4.82. The lowest BCUT2D eigenvalue weighted by Crippen LogP contribution is -2.40. The van der Waals surface area contributed by atoms with Gasteiger partial charge in [0.05, 0.1) is 19.7 Å². The summed E-state index contributed by atoms with van der Waals surface area (Å²) >= 11 is 0. The van der Waals surface area contributed by atoms with Crippen molar-refractivity contribution in [3.05, 3.63) is 65.7 Å². The highest BCUT2D eigenvalue weighted by atomic mass is 16.7. The van der Waals surface area contributed by atoms with Crippen LogP contribution in [-0.4, -0.2) is 30.7 Å². The van der Waals surface area contributed by atoms with Gasteiger partial charge in [-0.25, -0.2) is 5.06 Å². The molecule has 5 heteroatoms. The molecule has 1 amide bonds. The lowest BCUT2D eigenvalue weighted by molar-refractivity contribution is -0.183. The molecule has 1 saturated heterocycles. The first-order chi connectivity index (χ1) is 12.7. The number of ether oxygens (including phenoxy) is 1. The van der Waals surface area contributed by atoms with Crippen molar-refractivity contribution >= 4 is 5.91 Å². The number of benzene rings is 2. The summed E-state index contributed by atoms with van der Waals surface area (Å²) in [7, 11) is 1.65. The zero-order valence-electron chi connectivity index (χ0n) is 15.4. The number of carbonyl (C=O) groups is 1. The smallest absolute Gasteiger partial charge is 0.263 e. The molecule has 2 aromatic rings. The number of rotatable bonds is 8. The average Bonchev–Trinajstić information content (AvgIpc) is 3.01. The van der Waals surface area contributed by atoms with Crippen LogP contribution >= 0.6 is 0 Å². The summed E-state index contributed by atoms with van der Waals surface area (Å²) in [4.78, 5) is 18.5. The second-order valence-electron chi connectivity index (χ2n) is 6.53. The number of hydrogen-bond acceptors (Lipinski definition) is 4. The normalized spacial score (nSPS) is 19.8. The van der Waals surface area contributed by atoms with E-state index in [0.29, 0.717) is 19.7 Å². The molecule has 2 atom stereocenters. The Hall–Kier alpha value is -2.37. The predicted molar refractivity (Wildman–Crippen MR) is 100 cm³/mol. The van der Waals surface area contributed by atoms with Crippen molar-refractivity contribution < 1.29 is 14.4 Å². The molecule has 1 fully saturated rings. The standard InChI is InChI=1S/C21H26N2O3/c1-3-18-14-23(26-15-17-7-5-4-6-8-17)21(24)20(18)22-13-16-9-11-19(25-2)12-10-16/h4-12,18,20,22H,3,13-15H2,1-2H3. The maximum Gasteiger partial charge on any atom is 0.263 e. The molecule has 2 aromatic carbocycles. The molecular weight excluding hydrogens is 328 g/mol. The SMILES string of the molecule is CCC1CN(OCc2ccccc2)C(=O)C1NCc1ccc(OC)cc1. The topological polar surface area (TPSA) is 50.8 Å². The van der Waals surface area contributed by atoms with Crippen LogP contribution in [0.2, 0.25) is 0 Å². The van der Waals surface area contributed by atoms with E-state index in [1.807, 2.05) is 54.6 Å². The van der Waals surface area contributed by atoms with E-state index in [1.54, 1.807) is 7.11 Å². The van der Waals surface area contributed by atoms with E-state index in [2.05, 4.69) is 12.2 Å². The van der Waals surface area contributed by atoms with Crippen LogP contribution in [0.4, 0.5) is 0 Å². The first-order valence-electron chi connectivity index (χ1n) is 9.05. The molecule has 3 rings (SSSR count). The van der Waals surface area contributed by atoms with E-state index in [4.69, 9.17) is 9.57 Å². The van der Waals surface area contributed by atoms with Gasteiger partial charge in [-0.1, -0.05) is 49.4 Å². The second kappa shape index (κ2) is 8.83. The zero-order chi connectivity index (χ0) is 18.4. The molecule has 5 nitrogen and oxygen atoms in total. The molecule has 0 bridgehead atoms. The molecule has 1 aliphatic heterocycles. The minimum atomic E-state index is -0.210. The van der Waals surface area contributed by atoms with E-state index >= 15 is 0 Å². The van der Waals surface area contributed by atoms with Crippen molar-refractivity contribution in [1.29, 1.82) is 0 Å². The van der Waals surface area contributed by atoms with Crippen LogP contribution in [-0.2, 0) is 22.8 Å². The van der Waals surface area contributed by atoms with Gasteiger partial charge < -0.3 is 10.1 Å². The van der Waals surface area contributed by atoms with Gasteiger partial charge in [-0.2, -0.15) is 0 Å². The summed E-state index contributed by atoms with van der Waals surface area (Å²) in [5, 5.41) is 4.92. The monoisotopic (exact) mass is 354 g/mol. The molecule has 138 valence electrons. The van der Waals surface area contributed by atoms with Crippen LogP contribution in [0.15, 0.2) is 54.6 Å². The molecular formula is C21H26N2O3. The minimum Gasteiger partial charge on any atom is -0.497 e. The lowest BCUT2D eigenvalue weighted by atomic mass is 10.0. The molecule has 0 radical (unpaired) electrons. The lowest BCUT2D eigenvalue weighted by Gasteiger charge is -2.17. The van der Waals surface area contributed by atoms with Crippen LogP contribution in [0.25, 0.3) is 0 Å². The van der Waals surface area contributed by atoms with E-state index in [9.17, 15) is 4.79 Å². The summed E-state index contributed by atoms with van der Waals surface area (Å²) in [6.45, 7) is 3.79. The fraction of sp³-hybridized carbons (Fsp3) is 0.381. The highest BCUT2D eigenvalue weighted by molar-refractivity contribution is 5.83. The van der Waals surface area contributed by atoms with Crippen LogP contribution in [0.3, 0.4) is 0 Å². The highest BCUT2D eigenvalue weighted by Gasteiger charge is 2.39. The van der Waals surface area contributed by atoms with E-state index < -0.39 is 0 Å². The number of amides is 1. The Balaban J connectivity index is 1.56. The zero-order valence-corrected chi connectivity index (χ0v) is 15.4. The van der Waals surface area contributed by atoms with Crippen LogP contribution in [0.5, 0.6) is 5.75 Å². The van der Waals surface area contributed by atoms with Gasteiger partial charge in [0.1, 0.15) is 12.4 Å². The van der Waals surface area contributed by atoms with Gasteiger partial charge in [0.25, 0.3) is 5.91 Å². The molecule has 0 spiro atoms. The Kier molecular flexibility index (Phi) is 6.26. The molecule has 1 aliphatic rings. The van der Waals surface area contributed by atoms with Gasteiger partial charge in [0.2, 0.25) is 0 Å². The summed E-state index contributed by atoms with van der Waals surface area (Å²) in [6.07, 6.45) is 0.928. The Morgan fingerprint density at radius 3 is 2.46 bits per heavy atom. The predicted octanol–water partition coefficient (Wildman–Crippen LogP) is 3.15. The average molecular weight is 354 g/mol. The summed E-state index contributed by atoms with van der Waals surface area (Å²) < 4.78 is 5.18. The molecule has 1 N–H and O–H groups in total. The summed E-state index contributed by atoms with van der Waals surface area (Å²) in [5.74, 6) is 1.09. The minimum absolute atomic E-state index is 0.0151. The van der Waals surface area contributed by atoms with Crippen LogP contribution in [0.1, 0.15) is 24.5 Å². The third kappa shape index (κ3) is 4.42. The van der Waals surface area contributed by atoms with Crippen LogP contribution in [0, 0.1) is 5.92 Å². The fourth-order valence-electron chi connectivity index (χ4n) is 3.20.